The Balaban J connectivity index is 2.14. The van der Waals surface area contributed by atoms with Crippen LogP contribution in [-0.4, -0.2) is 41.1 Å². The predicted molar refractivity (Wildman–Crippen MR) is 81.4 cm³/mol. The van der Waals surface area contributed by atoms with E-state index in [0.29, 0.717) is 5.56 Å². The molecule has 0 aliphatic carbocycles. The van der Waals surface area contributed by atoms with E-state index in [1.807, 2.05) is 0 Å². The first-order valence-electron chi connectivity index (χ1n) is 7.55. The van der Waals surface area contributed by atoms with Gasteiger partial charge in [-0.05, 0) is 13.3 Å². The van der Waals surface area contributed by atoms with E-state index in [-0.39, 0.29) is 25.2 Å². The van der Waals surface area contributed by atoms with E-state index in [2.05, 4.69) is 0 Å². The number of benzene rings is 1. The van der Waals surface area contributed by atoms with Crippen molar-refractivity contribution < 1.29 is 23.9 Å². The number of amides is 2. The molecule has 1 saturated heterocycles. The number of rotatable bonds is 6. The minimum Gasteiger partial charge on any atom is -0.466 e. The lowest BCUT2D eigenvalue weighted by molar-refractivity contribution is -0.163. The Morgan fingerprint density at radius 1 is 1.17 bits per heavy atom. The zero-order chi connectivity index (χ0) is 17.0. The molecule has 1 heterocycles. The van der Waals surface area contributed by atoms with Crippen LogP contribution in [0.5, 0.6) is 0 Å². The van der Waals surface area contributed by atoms with E-state index in [0.717, 1.165) is 4.90 Å². The van der Waals surface area contributed by atoms with Gasteiger partial charge in [0.05, 0.1) is 12.5 Å². The summed E-state index contributed by atoms with van der Waals surface area (Å²) in [5, 5.41) is 0. The molecule has 1 fully saturated rings. The fourth-order valence-electron chi connectivity index (χ4n) is 2.76. The zero-order valence-electron chi connectivity index (χ0n) is 13.2. The highest BCUT2D eigenvalue weighted by molar-refractivity contribution is 6.14. The topological polar surface area (TPSA) is 80.8 Å². The molecule has 2 atom stereocenters. The average Bonchev–Trinajstić information content (AvgIpc) is 2.52. The number of likely N-dealkylation sites (tertiary alicyclic amines) is 1. The molecule has 0 unspecified atom stereocenters. The van der Waals surface area contributed by atoms with Gasteiger partial charge >= 0.3 is 5.97 Å². The lowest BCUT2D eigenvalue weighted by Gasteiger charge is -2.44. The van der Waals surface area contributed by atoms with Crippen LogP contribution in [-0.2, 0) is 19.1 Å². The third-order valence-corrected chi connectivity index (χ3v) is 3.84. The number of ether oxygens (including phenoxy) is 1. The van der Waals surface area contributed by atoms with Gasteiger partial charge < -0.3 is 4.74 Å². The van der Waals surface area contributed by atoms with Crippen molar-refractivity contribution in [2.24, 2.45) is 5.92 Å². The van der Waals surface area contributed by atoms with Gasteiger partial charge in [-0.3, -0.25) is 24.1 Å². The normalized spacial score (nSPS) is 19.9. The Morgan fingerprint density at radius 3 is 2.39 bits per heavy atom. The van der Waals surface area contributed by atoms with Gasteiger partial charge in [-0.2, -0.15) is 0 Å². The summed E-state index contributed by atoms with van der Waals surface area (Å²) < 4.78 is 4.84. The monoisotopic (exact) mass is 317 g/mol. The molecule has 122 valence electrons. The van der Waals surface area contributed by atoms with Crippen molar-refractivity contribution in [3.63, 3.8) is 0 Å². The molecule has 1 aromatic carbocycles. The molecule has 6 heteroatoms. The number of carbonyl (C=O) groups excluding carboxylic acids is 4. The maximum atomic E-state index is 12.6. The van der Waals surface area contributed by atoms with Crippen LogP contribution in [0.3, 0.4) is 0 Å². The van der Waals surface area contributed by atoms with E-state index in [9.17, 15) is 19.2 Å². The molecule has 0 bridgehead atoms. The Kier molecular flexibility index (Phi) is 5.26. The quantitative estimate of drug-likeness (QED) is 0.452. The highest BCUT2D eigenvalue weighted by atomic mass is 16.5. The summed E-state index contributed by atoms with van der Waals surface area (Å²) >= 11 is 0. The number of esters is 1. The fraction of sp³-hybridized carbons (Fsp3) is 0.412. The van der Waals surface area contributed by atoms with Crippen molar-refractivity contribution in [3.8, 4) is 0 Å². The van der Waals surface area contributed by atoms with Gasteiger partial charge in [-0.1, -0.05) is 30.3 Å². The molecule has 6 nitrogen and oxygen atoms in total. The Morgan fingerprint density at radius 2 is 1.83 bits per heavy atom. The van der Waals surface area contributed by atoms with Crippen LogP contribution in [0.2, 0.25) is 0 Å². The lowest BCUT2D eigenvalue weighted by atomic mass is 9.79. The van der Waals surface area contributed by atoms with Crippen LogP contribution in [0, 0.1) is 5.92 Å². The first-order chi connectivity index (χ1) is 11.0. The second-order valence-corrected chi connectivity index (χ2v) is 5.35. The molecule has 0 spiro atoms. The van der Waals surface area contributed by atoms with Crippen LogP contribution >= 0.6 is 0 Å². The molecule has 0 aromatic heterocycles. The number of hydrogen-bond donors (Lipinski definition) is 0. The third kappa shape index (κ3) is 3.47. The summed E-state index contributed by atoms with van der Waals surface area (Å²) in [6.45, 7) is 3.22. The minimum absolute atomic E-state index is 0.0502. The summed E-state index contributed by atoms with van der Waals surface area (Å²) in [6, 6.07) is 7.68. The van der Waals surface area contributed by atoms with Crippen molar-refractivity contribution in [3.05, 3.63) is 35.9 Å². The van der Waals surface area contributed by atoms with E-state index in [1.54, 1.807) is 37.3 Å². The van der Waals surface area contributed by atoms with Crippen LogP contribution in [0.4, 0.5) is 0 Å². The van der Waals surface area contributed by atoms with Gasteiger partial charge in [0.1, 0.15) is 6.04 Å². The van der Waals surface area contributed by atoms with Gasteiger partial charge in [-0.25, -0.2) is 0 Å². The van der Waals surface area contributed by atoms with E-state index < -0.39 is 29.7 Å². The standard InChI is InChI=1S/C17H19NO5/c1-3-23-14(20)10-9-13-15(18(11(2)19)17(13)22)16(21)12-7-5-4-6-8-12/h4-8,13,15H,3,9-10H2,1-2H3/t13-,15+/m0/s1. The second-order valence-electron chi connectivity index (χ2n) is 5.35. The Bertz CT molecular complexity index is 625. The number of ketones is 1. The van der Waals surface area contributed by atoms with E-state index in [1.165, 1.54) is 6.92 Å². The van der Waals surface area contributed by atoms with E-state index >= 15 is 0 Å². The lowest BCUT2D eigenvalue weighted by Crippen LogP contribution is -2.65. The van der Waals surface area contributed by atoms with Gasteiger partial charge in [0, 0.05) is 18.9 Å². The first-order valence-corrected chi connectivity index (χ1v) is 7.55. The largest absolute Gasteiger partial charge is 0.466 e. The van der Waals surface area contributed by atoms with E-state index in [4.69, 9.17) is 4.74 Å². The van der Waals surface area contributed by atoms with Crippen LogP contribution in [0.25, 0.3) is 0 Å². The molecule has 0 radical (unpaired) electrons. The molecule has 2 amide bonds. The van der Waals surface area contributed by atoms with Crippen molar-refractivity contribution in [2.45, 2.75) is 32.7 Å². The molecule has 23 heavy (non-hydrogen) atoms. The van der Waals surface area contributed by atoms with Crippen molar-refractivity contribution in [1.29, 1.82) is 0 Å². The SMILES string of the molecule is CCOC(=O)CC[C@@H]1C(=O)N(C(C)=O)[C@H]1C(=O)c1ccccc1. The maximum absolute atomic E-state index is 12.6. The molecule has 1 aromatic rings. The van der Waals surface area contributed by atoms with Gasteiger partial charge in [0.2, 0.25) is 11.8 Å². The minimum atomic E-state index is -0.836. The van der Waals surface area contributed by atoms with Crippen LogP contribution in [0.1, 0.15) is 37.0 Å². The molecule has 1 aliphatic heterocycles. The number of Topliss-reactive ketones (excluding diaryl/α,β-unsaturated/α-hetero) is 1. The van der Waals surface area contributed by atoms with Crippen LogP contribution in [0.15, 0.2) is 30.3 Å². The predicted octanol–water partition coefficient (Wildman–Crippen LogP) is 1.59. The summed E-state index contributed by atoms with van der Waals surface area (Å²) in [5.74, 6) is -2.22. The third-order valence-electron chi connectivity index (χ3n) is 3.84. The molecular weight excluding hydrogens is 298 g/mol. The highest BCUT2D eigenvalue weighted by Crippen LogP contribution is 2.33. The number of nitrogens with zero attached hydrogens (tertiary/aromatic N) is 1. The summed E-state index contributed by atoms with van der Waals surface area (Å²) in [6.07, 6.45) is 0.249. The summed E-state index contributed by atoms with van der Waals surface area (Å²) in [5.41, 5.74) is 0.442. The van der Waals surface area contributed by atoms with Gasteiger partial charge in [0.25, 0.3) is 0 Å². The van der Waals surface area contributed by atoms with Crippen molar-refractivity contribution in [1.82, 2.24) is 4.90 Å². The molecular formula is C17H19NO5. The molecule has 0 saturated carbocycles. The average molecular weight is 317 g/mol. The van der Waals surface area contributed by atoms with Crippen molar-refractivity contribution >= 4 is 23.6 Å². The summed E-state index contributed by atoms with van der Waals surface area (Å²) in [7, 11) is 0. The Hall–Kier alpha value is -2.50. The Labute approximate surface area is 134 Å². The number of imide groups is 1. The van der Waals surface area contributed by atoms with Gasteiger partial charge in [-0.15, -0.1) is 0 Å². The van der Waals surface area contributed by atoms with Gasteiger partial charge in [0.15, 0.2) is 5.78 Å². The molecule has 0 N–H and O–H groups in total. The molecule has 2 rings (SSSR count). The number of carbonyl (C=O) groups is 4. The number of hydrogen-bond acceptors (Lipinski definition) is 5. The van der Waals surface area contributed by atoms with Crippen molar-refractivity contribution in [2.75, 3.05) is 6.61 Å². The first kappa shape index (κ1) is 16.9. The fourth-order valence-corrected chi connectivity index (χ4v) is 2.76. The second kappa shape index (κ2) is 7.17. The highest BCUT2D eigenvalue weighted by Gasteiger charge is 2.52. The number of β-lactam (4-membered cyclic amide) rings is 1. The van der Waals surface area contributed by atoms with Crippen LogP contribution < -0.4 is 0 Å². The summed E-state index contributed by atoms with van der Waals surface area (Å²) in [4.78, 5) is 48.8. The zero-order valence-corrected chi connectivity index (χ0v) is 13.2. The maximum Gasteiger partial charge on any atom is 0.305 e. The smallest absolute Gasteiger partial charge is 0.305 e. The molecule has 1 aliphatic rings.